The number of hydrogen-bond acceptors (Lipinski definition) is 5. The first-order chi connectivity index (χ1) is 15.3. The minimum atomic E-state index is -4.82. The molecular weight excluding hydrogens is 443 g/mol. The van der Waals surface area contributed by atoms with E-state index < -0.39 is 23.3 Å². The highest BCUT2D eigenvalue weighted by Gasteiger charge is 2.31. The minimum absolute atomic E-state index is 0.183. The second-order valence-corrected chi connectivity index (χ2v) is 7.69. The topological polar surface area (TPSA) is 105 Å². The van der Waals surface area contributed by atoms with Gasteiger partial charge in [-0.15, -0.1) is 18.2 Å². The van der Waals surface area contributed by atoms with Crippen LogP contribution in [-0.2, 0) is 17.7 Å². The third kappa shape index (κ3) is 6.90. The summed E-state index contributed by atoms with van der Waals surface area (Å²) in [5.74, 6) is -0.192. The number of pyridine rings is 1. The minimum Gasteiger partial charge on any atom is -0.606 e. The molecule has 32 heavy (non-hydrogen) atoms. The van der Waals surface area contributed by atoms with Crippen LogP contribution in [0.4, 0.5) is 18.9 Å². The Kier molecular flexibility index (Phi) is 7.54. The predicted molar refractivity (Wildman–Crippen MR) is 112 cm³/mol. The van der Waals surface area contributed by atoms with Crippen molar-refractivity contribution >= 4 is 22.8 Å². The van der Waals surface area contributed by atoms with Gasteiger partial charge < -0.3 is 19.9 Å². The van der Waals surface area contributed by atoms with Crippen LogP contribution in [0.2, 0.25) is 0 Å². The molecular formula is C21H16F3N5O2S. The predicted octanol–water partition coefficient (Wildman–Crippen LogP) is 4.19. The Bertz CT molecular complexity index is 1100. The summed E-state index contributed by atoms with van der Waals surface area (Å²) in [4.78, 5) is 8.20. The fourth-order valence-electron chi connectivity index (χ4n) is 2.57. The van der Waals surface area contributed by atoms with E-state index in [0.29, 0.717) is 17.1 Å². The van der Waals surface area contributed by atoms with Crippen molar-refractivity contribution in [3.8, 4) is 11.9 Å². The lowest BCUT2D eigenvalue weighted by Crippen LogP contribution is -2.30. The van der Waals surface area contributed by atoms with E-state index in [-0.39, 0.29) is 10.9 Å². The molecule has 7 nitrogen and oxygen atoms in total. The molecule has 2 N–H and O–H groups in total. The fourth-order valence-corrected chi connectivity index (χ4v) is 3.65. The van der Waals surface area contributed by atoms with E-state index in [1.807, 2.05) is 0 Å². The first kappa shape index (κ1) is 22.9. The number of aromatic nitrogens is 1. The number of benzene rings is 2. The van der Waals surface area contributed by atoms with Crippen molar-refractivity contribution in [3.63, 3.8) is 0 Å². The summed E-state index contributed by atoms with van der Waals surface area (Å²) in [5, 5.41) is 14.8. The van der Waals surface area contributed by atoms with Crippen molar-refractivity contribution in [3.05, 3.63) is 78.6 Å². The molecule has 0 fully saturated rings. The molecule has 0 spiro atoms. The molecule has 0 radical (unpaired) electrons. The summed E-state index contributed by atoms with van der Waals surface area (Å²) in [7, 11) is 0. The second-order valence-electron chi connectivity index (χ2n) is 6.21. The zero-order chi connectivity index (χ0) is 23.0. The van der Waals surface area contributed by atoms with Crippen LogP contribution in [-0.4, -0.2) is 21.9 Å². The summed E-state index contributed by atoms with van der Waals surface area (Å²) in [6, 6.07) is 15.1. The van der Waals surface area contributed by atoms with Gasteiger partial charge in [0.2, 0.25) is 12.2 Å². The number of nitrogens with zero attached hydrogens (tertiary/aromatic N) is 3. The quantitative estimate of drug-likeness (QED) is 0.248. The van der Waals surface area contributed by atoms with Gasteiger partial charge in [-0.1, -0.05) is 18.2 Å². The van der Waals surface area contributed by atoms with Crippen LogP contribution in [0.25, 0.3) is 0 Å². The van der Waals surface area contributed by atoms with Crippen LogP contribution in [0.5, 0.6) is 5.75 Å². The van der Waals surface area contributed by atoms with E-state index in [2.05, 4.69) is 25.3 Å². The molecule has 3 rings (SSSR count). The lowest BCUT2D eigenvalue weighted by molar-refractivity contribution is -0.274. The average Bonchev–Trinajstić information content (AvgIpc) is 2.77. The van der Waals surface area contributed by atoms with Gasteiger partial charge in [-0.2, -0.15) is 5.26 Å². The summed E-state index contributed by atoms with van der Waals surface area (Å²) in [6.45, 7) is 0.320. The highest BCUT2D eigenvalue weighted by atomic mass is 32.2. The molecule has 11 heteroatoms. The third-order valence-electron chi connectivity index (χ3n) is 3.96. The highest BCUT2D eigenvalue weighted by molar-refractivity contribution is 7.91. The van der Waals surface area contributed by atoms with E-state index in [1.165, 1.54) is 12.1 Å². The van der Waals surface area contributed by atoms with E-state index >= 15 is 0 Å². The monoisotopic (exact) mass is 459 g/mol. The number of hydrogen-bond donors (Lipinski definition) is 2. The number of rotatable bonds is 6. The number of nitriles is 1. The fraction of sp³-hybridized carbons (Fsp3) is 0.0952. The second kappa shape index (κ2) is 10.5. The molecule has 0 aliphatic carbocycles. The largest absolute Gasteiger partial charge is 0.606 e. The molecule has 0 saturated carbocycles. The van der Waals surface area contributed by atoms with Crippen LogP contribution in [0.1, 0.15) is 5.56 Å². The summed E-state index contributed by atoms with van der Waals surface area (Å²) >= 11 is -1.69. The number of halogens is 3. The number of guanidine groups is 1. The maximum absolute atomic E-state index is 12.7. The smallest absolute Gasteiger partial charge is 0.573 e. The van der Waals surface area contributed by atoms with Crippen LogP contribution < -0.4 is 15.4 Å². The van der Waals surface area contributed by atoms with E-state index in [1.54, 1.807) is 55.0 Å². The SMILES string of the molecule is N#CN=C(NCc1ccc([S+]([O-])c2cccc(OC(F)(F)F)c2)cc1)Nc1ccncc1. The first-order valence-corrected chi connectivity index (χ1v) is 10.2. The van der Waals surface area contributed by atoms with Gasteiger partial charge in [0.1, 0.15) is 5.75 Å². The van der Waals surface area contributed by atoms with Crippen LogP contribution in [0.3, 0.4) is 0 Å². The maximum Gasteiger partial charge on any atom is 0.573 e. The maximum atomic E-state index is 12.7. The molecule has 1 aromatic heterocycles. The van der Waals surface area contributed by atoms with Gasteiger partial charge in [0.05, 0.1) is 0 Å². The van der Waals surface area contributed by atoms with E-state index in [4.69, 9.17) is 5.26 Å². The third-order valence-corrected chi connectivity index (χ3v) is 5.34. The molecule has 1 atom stereocenters. The number of ether oxygens (including phenoxy) is 1. The summed E-state index contributed by atoms with van der Waals surface area (Å²) in [5.41, 5.74) is 1.51. The van der Waals surface area contributed by atoms with Gasteiger partial charge in [-0.3, -0.25) is 4.98 Å². The normalized spacial score (nSPS) is 12.5. The van der Waals surface area contributed by atoms with Gasteiger partial charge in [-0.05, 0) is 42.0 Å². The lowest BCUT2D eigenvalue weighted by atomic mass is 10.2. The lowest BCUT2D eigenvalue weighted by Gasteiger charge is -2.13. The van der Waals surface area contributed by atoms with Crippen molar-refractivity contribution < 1.29 is 22.5 Å². The van der Waals surface area contributed by atoms with Crippen LogP contribution in [0, 0.1) is 11.5 Å². The molecule has 0 saturated heterocycles. The molecule has 1 heterocycles. The molecule has 0 aliphatic rings. The van der Waals surface area contributed by atoms with E-state index in [0.717, 1.165) is 17.7 Å². The van der Waals surface area contributed by atoms with Crippen molar-refractivity contribution in [2.24, 2.45) is 4.99 Å². The van der Waals surface area contributed by atoms with Crippen molar-refractivity contribution in [2.45, 2.75) is 22.7 Å². The number of aliphatic imine (C=N–C) groups is 1. The van der Waals surface area contributed by atoms with Crippen molar-refractivity contribution in [1.29, 1.82) is 5.26 Å². The number of alkyl halides is 3. The molecule has 3 aromatic rings. The van der Waals surface area contributed by atoms with Crippen LogP contribution >= 0.6 is 0 Å². The van der Waals surface area contributed by atoms with Gasteiger partial charge >= 0.3 is 6.36 Å². The zero-order valence-corrected chi connectivity index (χ0v) is 17.2. The van der Waals surface area contributed by atoms with Crippen molar-refractivity contribution in [1.82, 2.24) is 10.3 Å². The molecule has 1 unspecified atom stereocenters. The Morgan fingerprint density at radius 2 is 1.81 bits per heavy atom. The average molecular weight is 459 g/mol. The Morgan fingerprint density at radius 1 is 1.09 bits per heavy atom. The standard InChI is InChI=1S/C21H16F3N5O2S/c22-21(23,24)31-17-2-1-3-19(12-17)32(30)18-6-4-15(5-7-18)13-27-20(28-14-25)29-16-8-10-26-11-9-16/h1-12H,13H2,(H2,26,27,28,29). The molecule has 0 aliphatic heterocycles. The molecule has 0 bridgehead atoms. The van der Waals surface area contributed by atoms with Crippen molar-refractivity contribution in [2.75, 3.05) is 5.32 Å². The Hall–Kier alpha value is -3.75. The van der Waals surface area contributed by atoms with Gasteiger partial charge in [0.15, 0.2) is 9.79 Å². The molecule has 0 amide bonds. The van der Waals surface area contributed by atoms with Gasteiger partial charge in [0, 0.05) is 41.9 Å². The van der Waals surface area contributed by atoms with Crippen LogP contribution in [0.15, 0.2) is 87.8 Å². The highest BCUT2D eigenvalue weighted by Crippen LogP contribution is 2.28. The number of nitrogens with one attached hydrogen (secondary N) is 2. The molecule has 2 aromatic carbocycles. The van der Waals surface area contributed by atoms with Gasteiger partial charge in [0.25, 0.3) is 0 Å². The summed E-state index contributed by atoms with van der Waals surface area (Å²) < 4.78 is 53.8. The Morgan fingerprint density at radius 3 is 2.47 bits per heavy atom. The molecule has 164 valence electrons. The number of anilines is 1. The summed E-state index contributed by atoms with van der Waals surface area (Å²) in [6.07, 6.45) is 0.0737. The first-order valence-electron chi connectivity index (χ1n) is 9.08. The van der Waals surface area contributed by atoms with Gasteiger partial charge in [-0.25, -0.2) is 0 Å². The van der Waals surface area contributed by atoms with E-state index in [9.17, 15) is 17.7 Å². The Labute approximate surface area is 184 Å². The Balaban J connectivity index is 1.64. The zero-order valence-electron chi connectivity index (χ0n) is 16.3.